The van der Waals surface area contributed by atoms with Crippen LogP contribution in [0, 0.1) is 17.2 Å². The molecule has 2 rings (SSSR count). The van der Waals surface area contributed by atoms with Crippen LogP contribution in [0.4, 0.5) is 0 Å². The summed E-state index contributed by atoms with van der Waals surface area (Å²) < 4.78 is 4.96. The molecule has 1 amide bonds. The maximum Gasteiger partial charge on any atom is 0.328 e. The largest absolute Gasteiger partial charge is 0.467 e. The predicted molar refractivity (Wildman–Crippen MR) is 117 cm³/mol. The molecule has 0 fully saturated rings. The first-order valence-electron chi connectivity index (χ1n) is 10.1. The van der Waals surface area contributed by atoms with Crippen molar-refractivity contribution in [2.45, 2.75) is 39.8 Å². The number of amides is 1. The molecular weight excluding hydrogens is 376 g/mol. The monoisotopic (exact) mass is 404 g/mol. The lowest BCUT2D eigenvalue weighted by Crippen LogP contribution is -2.47. The fourth-order valence-corrected chi connectivity index (χ4v) is 3.33. The summed E-state index contributed by atoms with van der Waals surface area (Å²) >= 11 is 0. The first-order chi connectivity index (χ1) is 14.4. The van der Waals surface area contributed by atoms with Gasteiger partial charge in [0.15, 0.2) is 0 Å². The van der Waals surface area contributed by atoms with Gasteiger partial charge in [-0.2, -0.15) is 5.26 Å². The van der Waals surface area contributed by atoms with Gasteiger partial charge >= 0.3 is 5.97 Å². The van der Waals surface area contributed by atoms with E-state index in [2.05, 4.69) is 6.07 Å². The highest BCUT2D eigenvalue weighted by Crippen LogP contribution is 2.25. The summed E-state index contributed by atoms with van der Waals surface area (Å²) in [5, 5.41) is 9.33. The number of hydrogen-bond acceptors (Lipinski definition) is 4. The summed E-state index contributed by atoms with van der Waals surface area (Å²) in [5.74, 6) is -0.749. The Bertz CT molecular complexity index is 940. The van der Waals surface area contributed by atoms with E-state index in [-0.39, 0.29) is 18.4 Å². The number of esters is 1. The Hall–Kier alpha value is -3.39. The molecule has 0 N–H and O–H groups in total. The van der Waals surface area contributed by atoms with Crippen LogP contribution in [0.1, 0.15) is 38.3 Å². The van der Waals surface area contributed by atoms with Crippen molar-refractivity contribution in [2.24, 2.45) is 5.92 Å². The molecule has 0 spiro atoms. The molecular formula is C25H28N2O3. The number of methoxy groups -OCH3 is 1. The Labute approximate surface area is 178 Å². The van der Waals surface area contributed by atoms with E-state index in [1.807, 2.05) is 63.2 Å². The SMILES string of the molecule is CCC=CC(=O)N(Cc1ccc(-c2ccccc2C#N)cc1)C(C(=O)OC)C(C)C. The summed E-state index contributed by atoms with van der Waals surface area (Å²) in [5.41, 5.74) is 3.28. The molecule has 0 aromatic heterocycles. The van der Waals surface area contributed by atoms with Crippen LogP contribution in [0.2, 0.25) is 0 Å². The molecule has 1 unspecified atom stereocenters. The normalized spacial score (nSPS) is 11.9. The van der Waals surface area contributed by atoms with Crippen LogP contribution in [0.5, 0.6) is 0 Å². The minimum atomic E-state index is -0.678. The van der Waals surface area contributed by atoms with E-state index in [4.69, 9.17) is 4.74 Å². The molecule has 0 aliphatic carbocycles. The van der Waals surface area contributed by atoms with Crippen molar-refractivity contribution >= 4 is 11.9 Å². The van der Waals surface area contributed by atoms with Crippen LogP contribution < -0.4 is 0 Å². The summed E-state index contributed by atoms with van der Waals surface area (Å²) in [4.78, 5) is 26.8. The van der Waals surface area contributed by atoms with Crippen LogP contribution in [0.15, 0.2) is 60.7 Å². The summed E-state index contributed by atoms with van der Waals surface area (Å²) in [6.07, 6.45) is 4.03. The van der Waals surface area contributed by atoms with Gasteiger partial charge in [-0.3, -0.25) is 4.79 Å². The molecule has 0 aliphatic heterocycles. The number of nitriles is 1. The number of nitrogens with zero attached hydrogens (tertiary/aromatic N) is 2. The highest BCUT2D eigenvalue weighted by Gasteiger charge is 2.32. The van der Waals surface area contributed by atoms with Gasteiger partial charge in [0.25, 0.3) is 0 Å². The number of benzene rings is 2. The highest BCUT2D eigenvalue weighted by atomic mass is 16.5. The first kappa shape index (κ1) is 22.9. The number of ether oxygens (including phenoxy) is 1. The van der Waals surface area contributed by atoms with Crippen molar-refractivity contribution in [3.63, 3.8) is 0 Å². The van der Waals surface area contributed by atoms with Gasteiger partial charge in [0.2, 0.25) is 5.91 Å². The van der Waals surface area contributed by atoms with Crippen LogP contribution in [0.3, 0.4) is 0 Å². The molecule has 0 aliphatic rings. The Balaban J connectivity index is 2.35. The fraction of sp³-hybridized carbons (Fsp3) is 0.320. The third-order valence-electron chi connectivity index (χ3n) is 4.85. The number of allylic oxidation sites excluding steroid dienone is 1. The maximum atomic E-state index is 12.8. The molecule has 5 nitrogen and oxygen atoms in total. The Morgan fingerprint density at radius 1 is 1.13 bits per heavy atom. The van der Waals surface area contributed by atoms with Gasteiger partial charge in [0, 0.05) is 6.54 Å². The Kier molecular flexibility index (Phi) is 8.37. The summed E-state index contributed by atoms with van der Waals surface area (Å²) in [7, 11) is 1.34. The summed E-state index contributed by atoms with van der Waals surface area (Å²) in [6.45, 7) is 6.03. The van der Waals surface area contributed by atoms with E-state index >= 15 is 0 Å². The number of rotatable bonds is 8. The third-order valence-corrected chi connectivity index (χ3v) is 4.85. The van der Waals surface area contributed by atoms with E-state index in [1.54, 1.807) is 17.0 Å². The topological polar surface area (TPSA) is 70.4 Å². The standard InChI is InChI=1S/C25H28N2O3/c1-5-6-11-23(28)27(24(18(2)3)25(29)30-4)17-19-12-14-20(15-13-19)22-10-8-7-9-21(22)16-26/h6-15,18,24H,5,17H2,1-4H3. The lowest BCUT2D eigenvalue weighted by molar-refractivity contribution is -0.153. The zero-order valence-electron chi connectivity index (χ0n) is 18.0. The second kappa shape index (κ2) is 11.0. The quantitative estimate of drug-likeness (QED) is 0.472. The Morgan fingerprint density at radius 3 is 2.37 bits per heavy atom. The highest BCUT2D eigenvalue weighted by molar-refractivity contribution is 5.91. The first-order valence-corrected chi connectivity index (χ1v) is 10.1. The van der Waals surface area contributed by atoms with E-state index in [0.29, 0.717) is 5.56 Å². The molecule has 0 radical (unpaired) electrons. The van der Waals surface area contributed by atoms with Crippen LogP contribution >= 0.6 is 0 Å². The average molecular weight is 405 g/mol. The van der Waals surface area contributed by atoms with E-state index in [1.165, 1.54) is 13.2 Å². The smallest absolute Gasteiger partial charge is 0.328 e. The predicted octanol–water partition coefficient (Wildman–Crippen LogP) is 4.72. The van der Waals surface area contributed by atoms with Gasteiger partial charge in [0.1, 0.15) is 6.04 Å². The number of carbonyl (C=O) groups excluding carboxylic acids is 2. The third kappa shape index (κ3) is 5.57. The van der Waals surface area contributed by atoms with Crippen molar-refractivity contribution in [1.29, 1.82) is 5.26 Å². The van der Waals surface area contributed by atoms with Crippen molar-refractivity contribution in [1.82, 2.24) is 4.90 Å². The van der Waals surface area contributed by atoms with Crippen LogP contribution in [-0.4, -0.2) is 29.9 Å². The lowest BCUT2D eigenvalue weighted by Gasteiger charge is -2.32. The van der Waals surface area contributed by atoms with E-state index in [9.17, 15) is 14.9 Å². The molecule has 2 aromatic carbocycles. The number of hydrogen-bond donors (Lipinski definition) is 0. The maximum absolute atomic E-state index is 12.8. The van der Waals surface area contributed by atoms with Gasteiger partial charge in [-0.15, -0.1) is 0 Å². The van der Waals surface area contributed by atoms with Crippen LogP contribution in [0.25, 0.3) is 11.1 Å². The minimum Gasteiger partial charge on any atom is -0.467 e. The van der Waals surface area contributed by atoms with E-state index in [0.717, 1.165) is 23.1 Å². The zero-order chi connectivity index (χ0) is 22.1. The molecule has 0 bridgehead atoms. The van der Waals surface area contributed by atoms with Crippen molar-refractivity contribution in [2.75, 3.05) is 7.11 Å². The molecule has 30 heavy (non-hydrogen) atoms. The second-order valence-corrected chi connectivity index (χ2v) is 7.34. The molecule has 5 heteroatoms. The van der Waals surface area contributed by atoms with Crippen molar-refractivity contribution in [3.05, 3.63) is 71.8 Å². The van der Waals surface area contributed by atoms with E-state index < -0.39 is 12.0 Å². The molecule has 2 aromatic rings. The molecule has 0 saturated carbocycles. The molecule has 0 heterocycles. The molecule has 156 valence electrons. The van der Waals surface area contributed by atoms with Gasteiger partial charge in [0.05, 0.1) is 18.7 Å². The van der Waals surface area contributed by atoms with Crippen LogP contribution in [-0.2, 0) is 20.9 Å². The molecule has 0 saturated heterocycles. The van der Waals surface area contributed by atoms with Crippen molar-refractivity contribution in [3.8, 4) is 17.2 Å². The summed E-state index contributed by atoms with van der Waals surface area (Å²) in [6, 6.07) is 16.7. The molecule has 1 atom stereocenters. The second-order valence-electron chi connectivity index (χ2n) is 7.34. The van der Waals surface area contributed by atoms with Gasteiger partial charge in [-0.05, 0) is 41.2 Å². The Morgan fingerprint density at radius 2 is 1.80 bits per heavy atom. The lowest BCUT2D eigenvalue weighted by atomic mass is 9.98. The minimum absolute atomic E-state index is 0.0989. The van der Waals surface area contributed by atoms with Gasteiger partial charge in [-0.25, -0.2) is 4.79 Å². The zero-order valence-corrected chi connectivity index (χ0v) is 18.0. The fourth-order valence-electron chi connectivity index (χ4n) is 3.33. The van der Waals surface area contributed by atoms with Crippen molar-refractivity contribution < 1.29 is 14.3 Å². The number of carbonyl (C=O) groups is 2. The van der Waals surface area contributed by atoms with Gasteiger partial charge in [-0.1, -0.05) is 69.3 Å². The average Bonchev–Trinajstić information content (AvgIpc) is 2.77. The van der Waals surface area contributed by atoms with Gasteiger partial charge < -0.3 is 9.64 Å².